The van der Waals surface area contributed by atoms with Crippen LogP contribution in [0.25, 0.3) is 22.1 Å². The molecule has 0 saturated carbocycles. The van der Waals surface area contributed by atoms with Crippen molar-refractivity contribution in [3.05, 3.63) is 63.7 Å². The Hall–Kier alpha value is -3.10. The molecule has 2 amide bonds. The number of amides is 2. The fourth-order valence-corrected chi connectivity index (χ4v) is 4.36. The molecule has 0 spiro atoms. The molecule has 10 heteroatoms. The van der Waals surface area contributed by atoms with E-state index in [4.69, 9.17) is 32.4 Å². The highest BCUT2D eigenvalue weighted by molar-refractivity contribution is 6.33. The molecule has 7 nitrogen and oxygen atoms in total. The summed E-state index contributed by atoms with van der Waals surface area (Å²) in [6.45, 7) is 3.25. The minimum absolute atomic E-state index is 0.0827. The lowest BCUT2D eigenvalue weighted by Crippen LogP contribution is -2.53. The summed E-state index contributed by atoms with van der Waals surface area (Å²) in [5.74, 6) is -0.596. The van der Waals surface area contributed by atoms with Gasteiger partial charge in [-0.25, -0.2) is 9.18 Å². The number of alkyl halides is 1. The van der Waals surface area contributed by atoms with E-state index < -0.39 is 17.5 Å². The molecule has 1 saturated heterocycles. The maximum Gasteiger partial charge on any atom is 0.336 e. The van der Waals surface area contributed by atoms with Crippen molar-refractivity contribution in [3.8, 4) is 16.9 Å². The quantitative estimate of drug-likeness (QED) is 0.386. The molecule has 0 aliphatic carbocycles. The van der Waals surface area contributed by atoms with E-state index in [1.807, 2.05) is 0 Å². The molecule has 0 N–H and O–H groups in total. The normalized spacial score (nSPS) is 14.8. The van der Waals surface area contributed by atoms with Crippen molar-refractivity contribution in [2.45, 2.75) is 13.0 Å². The van der Waals surface area contributed by atoms with Crippen LogP contribution in [0.4, 0.5) is 4.39 Å². The highest BCUT2D eigenvalue weighted by Gasteiger charge is 2.27. The zero-order valence-corrected chi connectivity index (χ0v) is 19.7. The van der Waals surface area contributed by atoms with Crippen LogP contribution >= 0.6 is 23.2 Å². The summed E-state index contributed by atoms with van der Waals surface area (Å²) >= 11 is 11.8. The fourth-order valence-electron chi connectivity index (χ4n) is 3.92. The minimum Gasteiger partial charge on any atom is -0.481 e. The van der Waals surface area contributed by atoms with Crippen LogP contribution in [-0.2, 0) is 9.59 Å². The Labute approximate surface area is 204 Å². The van der Waals surface area contributed by atoms with Gasteiger partial charge in [-0.1, -0.05) is 11.6 Å². The number of nitrogens with zero attached hydrogens (tertiary/aromatic N) is 2. The number of carbonyl (C=O) groups is 2. The predicted molar refractivity (Wildman–Crippen MR) is 127 cm³/mol. The summed E-state index contributed by atoms with van der Waals surface area (Å²) in [5, 5.41) is 0.749. The Bertz CT molecular complexity index is 1300. The van der Waals surface area contributed by atoms with Crippen molar-refractivity contribution in [1.29, 1.82) is 0 Å². The van der Waals surface area contributed by atoms with Crippen molar-refractivity contribution in [1.82, 2.24) is 9.80 Å². The van der Waals surface area contributed by atoms with Gasteiger partial charge in [0.15, 0.2) is 6.10 Å². The number of hydrogen-bond donors (Lipinski definition) is 0. The second-order valence-corrected chi connectivity index (χ2v) is 8.54. The van der Waals surface area contributed by atoms with Crippen LogP contribution < -0.4 is 10.4 Å². The van der Waals surface area contributed by atoms with Crippen LogP contribution in [-0.4, -0.2) is 59.8 Å². The lowest BCUT2D eigenvalue weighted by atomic mass is 10.0. The van der Waals surface area contributed by atoms with Gasteiger partial charge in [-0.15, -0.1) is 11.6 Å². The van der Waals surface area contributed by atoms with E-state index in [9.17, 15) is 18.8 Å². The molecule has 1 aromatic heterocycles. The number of piperazine rings is 1. The van der Waals surface area contributed by atoms with Crippen LogP contribution in [0.15, 0.2) is 51.7 Å². The van der Waals surface area contributed by atoms with E-state index in [2.05, 4.69) is 0 Å². The van der Waals surface area contributed by atoms with Gasteiger partial charge in [0.1, 0.15) is 23.0 Å². The molecule has 1 aliphatic rings. The molecule has 3 aromatic rings. The van der Waals surface area contributed by atoms with E-state index in [1.165, 1.54) is 30.3 Å². The van der Waals surface area contributed by atoms with Crippen LogP contribution in [0.5, 0.6) is 5.75 Å². The maximum absolute atomic E-state index is 13.5. The second kappa shape index (κ2) is 10.0. The molecule has 2 aromatic carbocycles. The summed E-state index contributed by atoms with van der Waals surface area (Å²) in [4.78, 5) is 40.0. The van der Waals surface area contributed by atoms with Gasteiger partial charge in [0.05, 0.1) is 5.02 Å². The third kappa shape index (κ3) is 5.03. The number of rotatable bonds is 5. The summed E-state index contributed by atoms with van der Waals surface area (Å²) in [6, 6.07) is 10.1. The third-order valence-corrected chi connectivity index (χ3v) is 6.20. The lowest BCUT2D eigenvalue weighted by Gasteiger charge is -2.35. The zero-order chi connectivity index (χ0) is 24.4. The predicted octanol–water partition coefficient (Wildman–Crippen LogP) is 3.93. The van der Waals surface area contributed by atoms with Crippen LogP contribution in [0.2, 0.25) is 5.02 Å². The Kier molecular flexibility index (Phi) is 7.09. The van der Waals surface area contributed by atoms with Crippen LogP contribution in [0.1, 0.15) is 6.92 Å². The van der Waals surface area contributed by atoms with Gasteiger partial charge in [-0.3, -0.25) is 9.59 Å². The Balaban J connectivity index is 1.53. The molecule has 178 valence electrons. The monoisotopic (exact) mass is 506 g/mol. The molecule has 1 unspecified atom stereocenters. The molecule has 2 heterocycles. The molecule has 4 rings (SSSR count). The molecule has 1 aliphatic heterocycles. The first-order chi connectivity index (χ1) is 16.3. The van der Waals surface area contributed by atoms with Gasteiger partial charge in [0.25, 0.3) is 5.91 Å². The topological polar surface area (TPSA) is 80.1 Å². The average Bonchev–Trinajstić information content (AvgIpc) is 2.82. The third-order valence-electron chi connectivity index (χ3n) is 5.66. The van der Waals surface area contributed by atoms with Crippen molar-refractivity contribution < 1.29 is 23.1 Å². The minimum atomic E-state index is -0.797. The first kappa shape index (κ1) is 24.0. The number of halogens is 3. The van der Waals surface area contributed by atoms with Crippen LogP contribution in [0.3, 0.4) is 0 Å². The standard InChI is InChI=1S/C24H21Cl2FN2O5/c1-14(24(32)29-8-6-28(7-9-29)22(30)13-25)33-16-3-5-18-19(12-23(31)34-21(18)11-16)17-4-2-15(27)10-20(17)26/h2-5,10-12,14H,6-9,13H2,1H3. The van der Waals surface area contributed by atoms with Crippen molar-refractivity contribution in [3.63, 3.8) is 0 Å². The number of ether oxygens (including phenoxy) is 1. The first-order valence-electron chi connectivity index (χ1n) is 10.6. The van der Waals surface area contributed by atoms with Gasteiger partial charge in [0.2, 0.25) is 5.91 Å². The SMILES string of the molecule is CC(Oc1ccc2c(-c3ccc(F)cc3Cl)cc(=O)oc2c1)C(=O)N1CCN(C(=O)CCl)CC1. The van der Waals surface area contributed by atoms with Gasteiger partial charge in [-0.05, 0) is 37.3 Å². The maximum atomic E-state index is 13.5. The van der Waals surface area contributed by atoms with Gasteiger partial charge in [-0.2, -0.15) is 0 Å². The Morgan fingerprint density at radius 2 is 1.76 bits per heavy atom. The molecular formula is C24H21Cl2FN2O5. The molecule has 1 fully saturated rings. The zero-order valence-electron chi connectivity index (χ0n) is 18.2. The smallest absolute Gasteiger partial charge is 0.336 e. The summed E-state index contributed by atoms with van der Waals surface area (Å²) in [5.41, 5.74) is 0.628. The van der Waals surface area contributed by atoms with Gasteiger partial charge in [0, 0.05) is 54.8 Å². The number of benzene rings is 2. The van der Waals surface area contributed by atoms with Crippen molar-refractivity contribution >= 4 is 46.0 Å². The highest BCUT2D eigenvalue weighted by atomic mass is 35.5. The number of hydrogen-bond acceptors (Lipinski definition) is 5. The lowest BCUT2D eigenvalue weighted by molar-refractivity contribution is -0.143. The van der Waals surface area contributed by atoms with Gasteiger partial charge < -0.3 is 19.0 Å². The molecular weight excluding hydrogens is 486 g/mol. The van der Waals surface area contributed by atoms with E-state index in [0.29, 0.717) is 48.4 Å². The molecule has 0 bridgehead atoms. The molecule has 0 radical (unpaired) electrons. The molecule has 1 atom stereocenters. The number of carbonyl (C=O) groups excluding carboxylic acids is 2. The largest absolute Gasteiger partial charge is 0.481 e. The fraction of sp³-hybridized carbons (Fsp3) is 0.292. The van der Waals surface area contributed by atoms with E-state index in [0.717, 1.165) is 0 Å². The van der Waals surface area contributed by atoms with E-state index >= 15 is 0 Å². The average molecular weight is 507 g/mol. The summed E-state index contributed by atoms with van der Waals surface area (Å²) in [7, 11) is 0. The first-order valence-corrected chi connectivity index (χ1v) is 11.5. The van der Waals surface area contributed by atoms with Gasteiger partial charge >= 0.3 is 5.63 Å². The Morgan fingerprint density at radius 1 is 1.06 bits per heavy atom. The highest BCUT2D eigenvalue weighted by Crippen LogP contribution is 2.34. The van der Waals surface area contributed by atoms with Crippen molar-refractivity contribution in [2.24, 2.45) is 0 Å². The van der Waals surface area contributed by atoms with E-state index in [-0.39, 0.29) is 28.3 Å². The van der Waals surface area contributed by atoms with E-state index in [1.54, 1.807) is 28.9 Å². The summed E-state index contributed by atoms with van der Waals surface area (Å²) in [6.07, 6.45) is -0.797. The number of fused-ring (bicyclic) bond motifs is 1. The van der Waals surface area contributed by atoms with Crippen LogP contribution in [0, 0.1) is 5.82 Å². The van der Waals surface area contributed by atoms with Crippen molar-refractivity contribution in [2.75, 3.05) is 32.1 Å². The molecule has 34 heavy (non-hydrogen) atoms. The second-order valence-electron chi connectivity index (χ2n) is 7.86. The summed E-state index contributed by atoms with van der Waals surface area (Å²) < 4.78 is 24.6. The Morgan fingerprint density at radius 3 is 2.44 bits per heavy atom.